The first-order valence-electron chi connectivity index (χ1n) is 16.5. The first-order valence-corrected chi connectivity index (χ1v) is 18.1. The minimum atomic E-state index is 1.08. The molecule has 0 bridgehead atoms. The van der Waals surface area contributed by atoms with E-state index in [4.69, 9.17) is 0 Å². The predicted octanol–water partition coefficient (Wildman–Crippen LogP) is 14.4. The Bertz CT molecular complexity index is 2560. The first kappa shape index (κ1) is 29.6. The van der Waals surface area contributed by atoms with Crippen LogP contribution in [0.3, 0.4) is 0 Å². The molecular weight excluding hydrogens is 678 g/mol. The van der Waals surface area contributed by atoms with Crippen molar-refractivity contribution in [1.82, 2.24) is 0 Å². The number of anilines is 3. The highest BCUT2D eigenvalue weighted by Crippen LogP contribution is 2.51. The molecule has 0 unspecified atom stereocenters. The summed E-state index contributed by atoms with van der Waals surface area (Å²) in [6.45, 7) is 0. The van der Waals surface area contributed by atoms with E-state index in [1.807, 2.05) is 11.3 Å². The highest BCUT2D eigenvalue weighted by molar-refractivity contribution is 9.10. The molecule has 8 aromatic carbocycles. The van der Waals surface area contributed by atoms with Gasteiger partial charge in [0.1, 0.15) is 0 Å². The van der Waals surface area contributed by atoms with Gasteiger partial charge in [0.25, 0.3) is 0 Å². The van der Waals surface area contributed by atoms with Crippen LogP contribution in [0.25, 0.3) is 64.3 Å². The van der Waals surface area contributed by atoms with Crippen LogP contribution in [0, 0.1) is 0 Å². The minimum Gasteiger partial charge on any atom is -0.310 e. The van der Waals surface area contributed by atoms with Crippen molar-refractivity contribution in [2.24, 2.45) is 0 Å². The highest BCUT2D eigenvalue weighted by Gasteiger charge is 2.23. The zero-order valence-corrected chi connectivity index (χ0v) is 29.0. The third-order valence-corrected chi connectivity index (χ3v) is 10.9. The third-order valence-electron chi connectivity index (χ3n) is 9.28. The number of thiophene rings is 1. The zero-order chi connectivity index (χ0) is 32.7. The molecule has 0 saturated carbocycles. The molecule has 1 nitrogen and oxygen atoms in total. The van der Waals surface area contributed by atoms with E-state index in [1.54, 1.807) is 0 Å². The van der Waals surface area contributed by atoms with Crippen LogP contribution in [0.15, 0.2) is 186 Å². The van der Waals surface area contributed by atoms with Crippen molar-refractivity contribution in [2.45, 2.75) is 0 Å². The summed E-state index contributed by atoms with van der Waals surface area (Å²) in [6.07, 6.45) is 0. The second kappa shape index (κ2) is 12.5. The van der Waals surface area contributed by atoms with Crippen molar-refractivity contribution in [3.63, 3.8) is 0 Å². The number of fused-ring (bicyclic) bond motifs is 4. The number of hydrogen-bond acceptors (Lipinski definition) is 2. The van der Waals surface area contributed by atoms with Gasteiger partial charge in [0.15, 0.2) is 0 Å². The van der Waals surface area contributed by atoms with Crippen LogP contribution in [0.2, 0.25) is 0 Å². The lowest BCUT2D eigenvalue weighted by Crippen LogP contribution is -2.09. The Morgan fingerprint density at radius 3 is 1.57 bits per heavy atom. The van der Waals surface area contributed by atoms with E-state index < -0.39 is 0 Å². The molecule has 0 N–H and O–H groups in total. The maximum absolute atomic E-state index is 3.68. The lowest BCUT2D eigenvalue weighted by Gasteiger charge is -2.26. The Labute approximate surface area is 298 Å². The fourth-order valence-corrected chi connectivity index (χ4v) is 8.85. The Kier molecular flexibility index (Phi) is 7.57. The molecule has 9 aromatic rings. The van der Waals surface area contributed by atoms with Crippen molar-refractivity contribution >= 4 is 75.3 Å². The van der Waals surface area contributed by atoms with E-state index in [1.165, 1.54) is 64.3 Å². The van der Waals surface area contributed by atoms with Crippen LogP contribution in [0.4, 0.5) is 17.1 Å². The van der Waals surface area contributed by atoms with Gasteiger partial charge in [-0.15, -0.1) is 11.3 Å². The molecular formula is C46H30BrNS. The lowest BCUT2D eigenvalue weighted by atomic mass is 9.87. The fourth-order valence-electron chi connectivity index (χ4n) is 7.12. The van der Waals surface area contributed by atoms with Crippen molar-refractivity contribution in [3.05, 3.63) is 186 Å². The lowest BCUT2D eigenvalue weighted by molar-refractivity contribution is 1.29. The molecule has 0 saturated heterocycles. The van der Waals surface area contributed by atoms with Crippen LogP contribution in [-0.4, -0.2) is 0 Å². The van der Waals surface area contributed by atoms with E-state index >= 15 is 0 Å². The molecule has 0 radical (unpaired) electrons. The fraction of sp³-hybridized carbons (Fsp3) is 0. The topological polar surface area (TPSA) is 3.24 Å². The van der Waals surface area contributed by atoms with Crippen LogP contribution in [0.5, 0.6) is 0 Å². The number of nitrogens with zero attached hydrogens (tertiary/aromatic N) is 1. The Morgan fingerprint density at radius 1 is 0.388 bits per heavy atom. The quantitative estimate of drug-likeness (QED) is 0.166. The minimum absolute atomic E-state index is 1.08. The molecule has 0 aliphatic heterocycles. The Balaban J connectivity index is 1.40. The normalized spacial score (nSPS) is 11.4. The summed E-state index contributed by atoms with van der Waals surface area (Å²) in [5.74, 6) is 0. The van der Waals surface area contributed by atoms with Gasteiger partial charge >= 0.3 is 0 Å². The molecule has 0 fully saturated rings. The van der Waals surface area contributed by atoms with E-state index in [-0.39, 0.29) is 0 Å². The maximum Gasteiger partial charge on any atom is 0.0468 e. The van der Waals surface area contributed by atoms with Gasteiger partial charge in [-0.2, -0.15) is 0 Å². The van der Waals surface area contributed by atoms with Gasteiger partial charge in [-0.25, -0.2) is 0 Å². The predicted molar refractivity (Wildman–Crippen MR) is 216 cm³/mol. The third kappa shape index (κ3) is 5.32. The summed E-state index contributed by atoms with van der Waals surface area (Å²) < 4.78 is 3.68. The molecule has 3 heteroatoms. The second-order valence-corrected chi connectivity index (χ2v) is 14.2. The summed E-state index contributed by atoms with van der Waals surface area (Å²) in [5, 5.41) is 5.09. The van der Waals surface area contributed by atoms with E-state index in [9.17, 15) is 0 Å². The SMILES string of the molecule is Brc1cccc(-c2ccc3c(c2)sc2c(-c4ccccc4)c4cc(N(c5ccccc5)c5ccccc5)ccc4c(-c4ccccc4)c23)c1. The van der Waals surface area contributed by atoms with Crippen molar-refractivity contribution in [3.8, 4) is 33.4 Å². The molecule has 0 amide bonds. The molecule has 0 spiro atoms. The summed E-state index contributed by atoms with van der Waals surface area (Å²) in [6, 6.07) is 65.7. The molecule has 0 aliphatic rings. The van der Waals surface area contributed by atoms with Gasteiger partial charge in [-0.3, -0.25) is 0 Å². The molecule has 1 aromatic heterocycles. The van der Waals surface area contributed by atoms with Gasteiger partial charge in [-0.1, -0.05) is 143 Å². The smallest absolute Gasteiger partial charge is 0.0468 e. The van der Waals surface area contributed by atoms with Gasteiger partial charge in [-0.05, 0) is 93.2 Å². The second-order valence-electron chi connectivity index (χ2n) is 12.2. The summed E-state index contributed by atoms with van der Waals surface area (Å²) >= 11 is 5.58. The number of halogens is 1. The average molecular weight is 709 g/mol. The van der Waals surface area contributed by atoms with Crippen LogP contribution in [-0.2, 0) is 0 Å². The van der Waals surface area contributed by atoms with Gasteiger partial charge in [0.05, 0.1) is 0 Å². The van der Waals surface area contributed by atoms with Crippen molar-refractivity contribution in [2.75, 3.05) is 4.90 Å². The Hall–Kier alpha value is -5.48. The largest absolute Gasteiger partial charge is 0.310 e. The number of hydrogen-bond donors (Lipinski definition) is 0. The number of para-hydroxylation sites is 2. The summed E-state index contributed by atoms with van der Waals surface area (Å²) in [5.41, 5.74) is 10.8. The first-order chi connectivity index (χ1) is 24.2. The van der Waals surface area contributed by atoms with E-state index in [0.717, 1.165) is 21.5 Å². The zero-order valence-electron chi connectivity index (χ0n) is 26.6. The van der Waals surface area contributed by atoms with Crippen molar-refractivity contribution < 1.29 is 0 Å². The van der Waals surface area contributed by atoms with E-state index in [2.05, 4.69) is 203 Å². The molecule has 232 valence electrons. The number of benzene rings is 8. The molecule has 1 heterocycles. The van der Waals surface area contributed by atoms with Crippen LogP contribution in [0.1, 0.15) is 0 Å². The van der Waals surface area contributed by atoms with Gasteiger partial charge in [0, 0.05) is 47.3 Å². The Morgan fingerprint density at radius 2 is 0.939 bits per heavy atom. The van der Waals surface area contributed by atoms with E-state index in [0.29, 0.717) is 0 Å². The average Bonchev–Trinajstić information content (AvgIpc) is 3.53. The van der Waals surface area contributed by atoms with Crippen LogP contribution >= 0.6 is 27.3 Å². The summed E-state index contributed by atoms with van der Waals surface area (Å²) in [7, 11) is 0. The maximum atomic E-state index is 3.68. The standard InChI is InChI=1S/C46H30BrNS/c47-35-19-13-18-33(28-35)34-24-26-40-42(29-34)49-46-44(32-16-7-2-8-17-32)41-30-38(25-27-39(41)43(45(40)46)31-14-5-1-6-15-31)48(36-20-9-3-10-21-36)37-22-11-4-12-23-37/h1-30H. The highest BCUT2D eigenvalue weighted by atomic mass is 79.9. The molecule has 0 atom stereocenters. The molecule has 9 rings (SSSR count). The summed E-state index contributed by atoms with van der Waals surface area (Å²) in [4.78, 5) is 2.36. The monoisotopic (exact) mass is 707 g/mol. The van der Waals surface area contributed by atoms with Gasteiger partial charge < -0.3 is 4.90 Å². The number of rotatable bonds is 6. The van der Waals surface area contributed by atoms with Crippen LogP contribution < -0.4 is 4.90 Å². The van der Waals surface area contributed by atoms with Gasteiger partial charge in [0.2, 0.25) is 0 Å². The molecule has 0 aliphatic carbocycles. The molecule has 49 heavy (non-hydrogen) atoms. The van der Waals surface area contributed by atoms with Crippen molar-refractivity contribution in [1.29, 1.82) is 0 Å².